The summed E-state index contributed by atoms with van der Waals surface area (Å²) in [7, 11) is 3.76. The van der Waals surface area contributed by atoms with Crippen LogP contribution in [0.3, 0.4) is 0 Å². The molecule has 148 valence electrons. The maximum absolute atomic E-state index is 13.0. The topological polar surface area (TPSA) is 93.2 Å². The average molecular weight is 410 g/mol. The van der Waals surface area contributed by atoms with E-state index in [1.807, 2.05) is 49.3 Å². The summed E-state index contributed by atoms with van der Waals surface area (Å²) in [6.07, 6.45) is 1.40. The highest BCUT2D eigenvalue weighted by molar-refractivity contribution is 6.34. The number of aromatic nitrogens is 2. The molecule has 8 heteroatoms. The van der Waals surface area contributed by atoms with Crippen molar-refractivity contribution in [2.45, 2.75) is 12.8 Å². The maximum atomic E-state index is 13.0. The molecule has 0 aliphatic heterocycles. The highest BCUT2D eigenvalue weighted by Gasteiger charge is 2.28. The third-order valence-corrected chi connectivity index (χ3v) is 5.38. The first-order valence-electron chi connectivity index (χ1n) is 9.15. The lowest BCUT2D eigenvalue weighted by Crippen LogP contribution is -2.26. The monoisotopic (exact) mass is 409 g/mol. The van der Waals surface area contributed by atoms with Crippen molar-refractivity contribution in [3.8, 4) is 11.3 Å². The fraction of sp³-hybridized carbons (Fsp3) is 0.190. The van der Waals surface area contributed by atoms with Gasteiger partial charge in [0.25, 0.3) is 11.8 Å². The second-order valence-corrected chi connectivity index (χ2v) is 7.52. The summed E-state index contributed by atoms with van der Waals surface area (Å²) in [6, 6.07) is 13.1. The van der Waals surface area contributed by atoms with Gasteiger partial charge in [-0.3, -0.25) is 9.59 Å². The molecule has 3 N–H and O–H groups in total. The van der Waals surface area contributed by atoms with E-state index in [1.54, 1.807) is 12.1 Å². The predicted octanol–water partition coefficient (Wildman–Crippen LogP) is 2.85. The Morgan fingerprint density at radius 3 is 2.66 bits per heavy atom. The van der Waals surface area contributed by atoms with Crippen molar-refractivity contribution in [3.05, 3.63) is 69.9 Å². The van der Waals surface area contributed by atoms with Gasteiger partial charge in [-0.2, -0.15) is 4.79 Å². The molecule has 1 heterocycles. The Morgan fingerprint density at radius 2 is 1.93 bits per heavy atom. The van der Waals surface area contributed by atoms with Gasteiger partial charge in [-0.25, -0.2) is 5.43 Å². The third-order valence-electron chi connectivity index (χ3n) is 5.05. The molecule has 0 fully saturated rings. The molecule has 2 aromatic carbocycles. The molecular weight excluding hydrogens is 390 g/mol. The lowest BCUT2D eigenvalue weighted by Gasteiger charge is -2.19. The number of primary amides is 1. The van der Waals surface area contributed by atoms with Crippen LogP contribution in [0.2, 0.25) is 5.02 Å². The number of amides is 2. The van der Waals surface area contributed by atoms with Gasteiger partial charge in [-0.1, -0.05) is 35.9 Å². The van der Waals surface area contributed by atoms with Crippen molar-refractivity contribution in [1.82, 2.24) is 9.89 Å². The average Bonchev–Trinajstić information content (AvgIpc) is 3.07. The number of rotatable bonds is 4. The summed E-state index contributed by atoms with van der Waals surface area (Å²) in [5.74, 6) is -1.05. The summed E-state index contributed by atoms with van der Waals surface area (Å²) in [5, 5.41) is 4.62. The molecule has 0 spiro atoms. The lowest BCUT2D eigenvalue weighted by atomic mass is 9.89. The number of benzene rings is 2. The summed E-state index contributed by atoms with van der Waals surface area (Å²) < 4.78 is 0. The van der Waals surface area contributed by atoms with Crippen LogP contribution >= 0.6 is 11.6 Å². The molecule has 1 aliphatic rings. The zero-order chi connectivity index (χ0) is 20.7. The number of carbonyl (C=O) groups excluding carboxylic acids is 2. The van der Waals surface area contributed by atoms with Crippen LogP contribution in [-0.4, -0.2) is 35.8 Å². The van der Waals surface area contributed by atoms with Gasteiger partial charge >= 0.3 is 0 Å². The Hall–Kier alpha value is -3.32. The summed E-state index contributed by atoms with van der Waals surface area (Å²) in [6.45, 7) is 0. The predicted molar refractivity (Wildman–Crippen MR) is 113 cm³/mol. The van der Waals surface area contributed by atoms with Crippen molar-refractivity contribution in [3.63, 3.8) is 0 Å². The standard InChI is InChI=1S/C21H20ClN5O2/c1-26(2)13-8-10-17(22)16(11-13)21(29)25-27-19-14-6-4-3-5-12(14)7-9-15(19)18(24-27)20(23)28/h3-6,8,10-11H,7,9H2,1-2H3,(H2,23,28)(H,25,29). The number of fused-ring (bicyclic) bond motifs is 3. The van der Waals surface area contributed by atoms with Gasteiger partial charge in [0.15, 0.2) is 5.69 Å². The Kier molecular flexibility index (Phi) is 4.76. The molecule has 2 amide bonds. The molecule has 0 radical (unpaired) electrons. The van der Waals surface area contributed by atoms with Crippen LogP contribution in [0.5, 0.6) is 0 Å². The van der Waals surface area contributed by atoms with E-state index < -0.39 is 11.8 Å². The molecule has 3 aromatic rings. The van der Waals surface area contributed by atoms with E-state index >= 15 is 0 Å². The van der Waals surface area contributed by atoms with Gasteiger partial charge in [0.2, 0.25) is 0 Å². The van der Waals surface area contributed by atoms with Crippen LogP contribution in [0.15, 0.2) is 42.5 Å². The number of nitrogens with one attached hydrogen (secondary N) is 1. The molecule has 0 bridgehead atoms. The minimum atomic E-state index is -0.624. The van der Waals surface area contributed by atoms with Crippen molar-refractivity contribution in [1.29, 1.82) is 0 Å². The first-order chi connectivity index (χ1) is 13.9. The second kappa shape index (κ2) is 7.25. The number of nitrogens with zero attached hydrogens (tertiary/aromatic N) is 3. The molecule has 1 aromatic heterocycles. The molecule has 7 nitrogen and oxygen atoms in total. The van der Waals surface area contributed by atoms with Gasteiger partial charge in [-0.05, 0) is 36.6 Å². The Labute approximate surface area is 173 Å². The van der Waals surface area contributed by atoms with Crippen LogP contribution in [-0.2, 0) is 12.8 Å². The number of nitrogens with two attached hydrogens (primary N) is 1. The number of carbonyl (C=O) groups is 2. The number of aryl methyl sites for hydroxylation is 1. The molecule has 0 unspecified atom stereocenters. The molecule has 0 atom stereocenters. The van der Waals surface area contributed by atoms with Crippen LogP contribution < -0.4 is 16.1 Å². The van der Waals surface area contributed by atoms with Gasteiger partial charge in [0, 0.05) is 30.9 Å². The van der Waals surface area contributed by atoms with Crippen LogP contribution in [0, 0.1) is 0 Å². The zero-order valence-electron chi connectivity index (χ0n) is 16.1. The summed E-state index contributed by atoms with van der Waals surface area (Å²) in [4.78, 5) is 28.2. The summed E-state index contributed by atoms with van der Waals surface area (Å²) >= 11 is 6.26. The smallest absolute Gasteiger partial charge is 0.272 e. The van der Waals surface area contributed by atoms with Crippen LogP contribution in [0.1, 0.15) is 32.0 Å². The van der Waals surface area contributed by atoms with Crippen molar-refractivity contribution in [2.75, 3.05) is 24.4 Å². The van der Waals surface area contributed by atoms with Crippen LogP contribution in [0.4, 0.5) is 5.69 Å². The van der Waals surface area contributed by atoms with Gasteiger partial charge in [0.1, 0.15) is 0 Å². The van der Waals surface area contributed by atoms with E-state index in [0.717, 1.165) is 28.8 Å². The van der Waals surface area contributed by atoms with Crippen molar-refractivity contribution < 1.29 is 9.59 Å². The Balaban J connectivity index is 1.79. The lowest BCUT2D eigenvalue weighted by molar-refractivity contribution is 0.0983. The van der Waals surface area contributed by atoms with E-state index in [2.05, 4.69) is 10.5 Å². The van der Waals surface area contributed by atoms with E-state index in [9.17, 15) is 9.59 Å². The molecule has 1 aliphatic carbocycles. The molecular formula is C21H20ClN5O2. The number of halogens is 1. The minimum absolute atomic E-state index is 0.169. The van der Waals surface area contributed by atoms with Gasteiger partial charge in [-0.15, -0.1) is 5.10 Å². The maximum Gasteiger partial charge on any atom is 0.272 e. The Morgan fingerprint density at radius 1 is 1.17 bits per heavy atom. The number of anilines is 1. The Bertz CT molecular complexity index is 1140. The normalized spacial score (nSPS) is 12.1. The fourth-order valence-electron chi connectivity index (χ4n) is 3.59. The quantitative estimate of drug-likeness (QED) is 0.692. The third kappa shape index (κ3) is 3.34. The zero-order valence-corrected chi connectivity index (χ0v) is 16.8. The van der Waals surface area contributed by atoms with Crippen molar-refractivity contribution >= 4 is 29.1 Å². The second-order valence-electron chi connectivity index (χ2n) is 7.11. The number of hydrogen-bond donors (Lipinski definition) is 2. The van der Waals surface area contributed by atoms with Gasteiger partial charge in [0.05, 0.1) is 16.3 Å². The molecule has 0 saturated heterocycles. The van der Waals surface area contributed by atoms with Crippen LogP contribution in [0.25, 0.3) is 11.3 Å². The SMILES string of the molecule is CN(C)c1ccc(Cl)c(C(=O)Nn2nc(C(N)=O)c3c2-c2ccccc2CC3)c1. The first kappa shape index (κ1) is 19.0. The minimum Gasteiger partial charge on any atom is -0.378 e. The summed E-state index contributed by atoms with van der Waals surface area (Å²) in [5.41, 5.74) is 13.1. The van der Waals surface area contributed by atoms with E-state index in [-0.39, 0.29) is 5.69 Å². The number of hydrogen-bond acceptors (Lipinski definition) is 4. The highest BCUT2D eigenvalue weighted by atomic mass is 35.5. The molecule has 0 saturated carbocycles. The van der Waals surface area contributed by atoms with E-state index in [1.165, 1.54) is 4.79 Å². The highest BCUT2D eigenvalue weighted by Crippen LogP contribution is 2.35. The van der Waals surface area contributed by atoms with E-state index in [0.29, 0.717) is 22.7 Å². The van der Waals surface area contributed by atoms with E-state index in [4.69, 9.17) is 17.3 Å². The largest absolute Gasteiger partial charge is 0.378 e. The van der Waals surface area contributed by atoms with Crippen molar-refractivity contribution in [2.24, 2.45) is 5.73 Å². The van der Waals surface area contributed by atoms with Gasteiger partial charge < -0.3 is 10.6 Å². The fourth-order valence-corrected chi connectivity index (χ4v) is 3.80. The first-order valence-corrected chi connectivity index (χ1v) is 9.53. The molecule has 4 rings (SSSR count). The molecule has 29 heavy (non-hydrogen) atoms.